The number of anilines is 3. The van der Waals surface area contributed by atoms with Crippen molar-refractivity contribution in [3.63, 3.8) is 0 Å². The van der Waals surface area contributed by atoms with Gasteiger partial charge in [-0.3, -0.25) is 0 Å². The summed E-state index contributed by atoms with van der Waals surface area (Å²) in [5, 5.41) is 5.01. The highest BCUT2D eigenvalue weighted by atomic mass is 15.1. The topological polar surface area (TPSA) is 3.24 Å². The van der Waals surface area contributed by atoms with E-state index in [1.807, 2.05) is 0 Å². The lowest BCUT2D eigenvalue weighted by Gasteiger charge is -2.34. The minimum atomic E-state index is -0.480. The van der Waals surface area contributed by atoms with Crippen LogP contribution in [0.4, 0.5) is 17.1 Å². The molecule has 0 atom stereocenters. The molecule has 52 heavy (non-hydrogen) atoms. The zero-order valence-electron chi connectivity index (χ0n) is 28.7. The monoisotopic (exact) mass is 661 g/mol. The van der Waals surface area contributed by atoms with E-state index in [4.69, 9.17) is 0 Å². The molecule has 0 saturated carbocycles. The van der Waals surface area contributed by atoms with E-state index in [0.717, 1.165) is 17.1 Å². The van der Waals surface area contributed by atoms with Gasteiger partial charge in [-0.25, -0.2) is 0 Å². The Hall–Kier alpha value is -6.70. The van der Waals surface area contributed by atoms with Crippen LogP contribution in [0.25, 0.3) is 43.8 Å². The summed E-state index contributed by atoms with van der Waals surface area (Å²) in [5.41, 5.74) is 13.1. The smallest absolute Gasteiger partial charge is 0.0714 e. The molecule has 0 heterocycles. The summed E-state index contributed by atoms with van der Waals surface area (Å²) in [4.78, 5) is 2.36. The second-order valence-electron chi connectivity index (χ2n) is 13.7. The third-order valence-corrected chi connectivity index (χ3v) is 10.9. The molecule has 0 spiro atoms. The SMILES string of the molecule is c1ccc(N(c2cccc(-c3ccc4c(c3)C(c3ccccc3)(c3ccccc3)c3ccc5ccccc5c3-4)c2)c2ccc3ccccc3c2)cc1. The molecular weight excluding hydrogens is 627 g/mol. The maximum absolute atomic E-state index is 2.46. The van der Waals surface area contributed by atoms with Crippen LogP contribution >= 0.6 is 0 Å². The van der Waals surface area contributed by atoms with E-state index in [0.29, 0.717) is 0 Å². The summed E-state index contributed by atoms with van der Waals surface area (Å²) < 4.78 is 0. The molecule has 0 saturated heterocycles. The van der Waals surface area contributed by atoms with Gasteiger partial charge in [-0.1, -0.05) is 170 Å². The van der Waals surface area contributed by atoms with Crippen molar-refractivity contribution in [1.29, 1.82) is 0 Å². The van der Waals surface area contributed by atoms with Crippen LogP contribution in [0, 0.1) is 0 Å². The quantitative estimate of drug-likeness (QED) is 0.171. The maximum Gasteiger partial charge on any atom is 0.0714 e. The lowest BCUT2D eigenvalue weighted by molar-refractivity contribution is 0.769. The fourth-order valence-corrected chi connectivity index (χ4v) is 8.60. The van der Waals surface area contributed by atoms with Crippen LogP contribution in [0.1, 0.15) is 22.3 Å². The first-order valence-electron chi connectivity index (χ1n) is 18.0. The lowest BCUT2D eigenvalue weighted by Crippen LogP contribution is -2.28. The van der Waals surface area contributed by atoms with E-state index in [-0.39, 0.29) is 0 Å². The normalized spacial score (nSPS) is 12.8. The molecule has 0 radical (unpaired) electrons. The van der Waals surface area contributed by atoms with Gasteiger partial charge < -0.3 is 4.90 Å². The van der Waals surface area contributed by atoms with Gasteiger partial charge in [-0.05, 0) is 109 Å². The molecule has 9 aromatic rings. The first-order valence-corrected chi connectivity index (χ1v) is 18.0. The van der Waals surface area contributed by atoms with Gasteiger partial charge in [-0.15, -0.1) is 0 Å². The standard InChI is InChI=1S/C51H35N/c1-4-19-41(20-5-1)51(42-21-6-2-7-22-42)48-32-29-37-16-12-13-26-46(37)50(48)47-31-28-40(35-49(47)51)39-18-14-25-44(34-39)52(43-23-8-3-9-24-43)45-30-27-36-15-10-11-17-38(36)33-45/h1-35H. The number of fused-ring (bicyclic) bond motifs is 6. The fraction of sp³-hybridized carbons (Fsp3) is 0.0196. The van der Waals surface area contributed by atoms with E-state index in [9.17, 15) is 0 Å². The zero-order chi connectivity index (χ0) is 34.5. The predicted molar refractivity (Wildman–Crippen MR) is 219 cm³/mol. The lowest BCUT2D eigenvalue weighted by atomic mass is 9.67. The van der Waals surface area contributed by atoms with Gasteiger partial charge in [0.15, 0.2) is 0 Å². The van der Waals surface area contributed by atoms with Gasteiger partial charge in [0.05, 0.1) is 5.41 Å². The van der Waals surface area contributed by atoms with Crippen molar-refractivity contribution in [2.75, 3.05) is 4.90 Å². The van der Waals surface area contributed by atoms with Gasteiger partial charge in [-0.2, -0.15) is 0 Å². The van der Waals surface area contributed by atoms with Crippen LogP contribution in [0.3, 0.4) is 0 Å². The molecule has 0 fully saturated rings. The molecule has 0 aliphatic heterocycles. The Bertz CT molecular complexity index is 2690. The molecule has 0 unspecified atom stereocenters. The third kappa shape index (κ3) is 4.71. The number of nitrogens with zero attached hydrogens (tertiary/aromatic N) is 1. The Morgan fingerprint density at radius 1 is 0.327 bits per heavy atom. The van der Waals surface area contributed by atoms with Crippen molar-refractivity contribution in [3.8, 4) is 22.3 Å². The summed E-state index contributed by atoms with van der Waals surface area (Å²) >= 11 is 0. The van der Waals surface area contributed by atoms with Gasteiger partial charge in [0.2, 0.25) is 0 Å². The highest BCUT2D eigenvalue weighted by Gasteiger charge is 2.46. The largest absolute Gasteiger partial charge is 0.310 e. The van der Waals surface area contributed by atoms with Crippen LogP contribution < -0.4 is 4.90 Å². The van der Waals surface area contributed by atoms with Crippen molar-refractivity contribution in [3.05, 3.63) is 235 Å². The molecule has 9 aromatic carbocycles. The Morgan fingerprint density at radius 3 is 1.65 bits per heavy atom. The van der Waals surface area contributed by atoms with Crippen LogP contribution in [0.15, 0.2) is 212 Å². The van der Waals surface area contributed by atoms with Crippen LogP contribution in [0.5, 0.6) is 0 Å². The van der Waals surface area contributed by atoms with Crippen molar-refractivity contribution < 1.29 is 0 Å². The minimum Gasteiger partial charge on any atom is -0.310 e. The van der Waals surface area contributed by atoms with Crippen molar-refractivity contribution in [1.82, 2.24) is 0 Å². The molecule has 244 valence electrons. The predicted octanol–water partition coefficient (Wildman–Crippen LogP) is 13.5. The van der Waals surface area contributed by atoms with E-state index in [1.165, 1.54) is 66.1 Å². The van der Waals surface area contributed by atoms with Crippen LogP contribution in [-0.2, 0) is 5.41 Å². The Labute approximate surface area is 304 Å². The van der Waals surface area contributed by atoms with Crippen molar-refractivity contribution in [2.24, 2.45) is 0 Å². The van der Waals surface area contributed by atoms with Gasteiger partial charge >= 0.3 is 0 Å². The number of rotatable bonds is 6. The summed E-state index contributed by atoms with van der Waals surface area (Å²) in [6, 6.07) is 77.8. The Kier molecular flexibility index (Phi) is 7.11. The molecule has 0 aromatic heterocycles. The molecule has 0 amide bonds. The van der Waals surface area contributed by atoms with Gasteiger partial charge in [0.1, 0.15) is 0 Å². The van der Waals surface area contributed by atoms with E-state index >= 15 is 0 Å². The van der Waals surface area contributed by atoms with Crippen LogP contribution in [0.2, 0.25) is 0 Å². The van der Waals surface area contributed by atoms with E-state index in [1.54, 1.807) is 0 Å². The molecular formula is C51H35N. The number of benzene rings is 9. The summed E-state index contributed by atoms with van der Waals surface area (Å²) in [7, 11) is 0. The molecule has 1 aliphatic carbocycles. The number of hydrogen-bond donors (Lipinski definition) is 0. The van der Waals surface area contributed by atoms with Crippen molar-refractivity contribution in [2.45, 2.75) is 5.41 Å². The average molecular weight is 662 g/mol. The first-order chi connectivity index (χ1) is 25.8. The molecule has 1 nitrogen and oxygen atoms in total. The highest BCUT2D eigenvalue weighted by molar-refractivity contribution is 6.04. The molecule has 0 bridgehead atoms. The fourth-order valence-electron chi connectivity index (χ4n) is 8.60. The Morgan fingerprint density at radius 2 is 0.904 bits per heavy atom. The molecule has 10 rings (SSSR count). The zero-order valence-corrected chi connectivity index (χ0v) is 28.7. The number of para-hydroxylation sites is 1. The molecule has 0 N–H and O–H groups in total. The second-order valence-corrected chi connectivity index (χ2v) is 13.7. The Balaban J connectivity index is 1.20. The summed E-state index contributed by atoms with van der Waals surface area (Å²) in [5.74, 6) is 0. The second kappa shape index (κ2) is 12.3. The van der Waals surface area contributed by atoms with Crippen molar-refractivity contribution >= 4 is 38.6 Å². The van der Waals surface area contributed by atoms with Gasteiger partial charge in [0, 0.05) is 17.1 Å². The van der Waals surface area contributed by atoms with E-state index in [2.05, 4.69) is 217 Å². The molecule has 1 aliphatic rings. The van der Waals surface area contributed by atoms with Gasteiger partial charge in [0.25, 0.3) is 0 Å². The average Bonchev–Trinajstić information content (AvgIpc) is 3.53. The molecule has 1 heteroatoms. The highest BCUT2D eigenvalue weighted by Crippen LogP contribution is 2.58. The number of hydrogen-bond acceptors (Lipinski definition) is 1. The minimum absolute atomic E-state index is 0.480. The first kappa shape index (κ1) is 30.2. The maximum atomic E-state index is 2.46. The third-order valence-electron chi connectivity index (χ3n) is 10.9. The summed E-state index contributed by atoms with van der Waals surface area (Å²) in [6.07, 6.45) is 0. The summed E-state index contributed by atoms with van der Waals surface area (Å²) in [6.45, 7) is 0. The van der Waals surface area contributed by atoms with E-state index < -0.39 is 5.41 Å². The van der Waals surface area contributed by atoms with Crippen LogP contribution in [-0.4, -0.2) is 0 Å².